The first-order chi connectivity index (χ1) is 20.0. The molecular formula is C34H37F4N3O. The third-order valence-corrected chi connectivity index (χ3v) is 7.57. The van der Waals surface area contributed by atoms with Gasteiger partial charge in [-0.1, -0.05) is 81.3 Å². The summed E-state index contributed by atoms with van der Waals surface area (Å²) in [5.74, 6) is -1.03. The van der Waals surface area contributed by atoms with Gasteiger partial charge in [-0.05, 0) is 78.6 Å². The molecule has 42 heavy (non-hydrogen) atoms. The van der Waals surface area contributed by atoms with Crippen molar-refractivity contribution in [1.29, 1.82) is 0 Å². The van der Waals surface area contributed by atoms with Crippen LogP contribution in [0.25, 0.3) is 0 Å². The quantitative estimate of drug-likeness (QED) is 0.114. The molecule has 0 bridgehead atoms. The Morgan fingerprint density at radius 1 is 0.952 bits per heavy atom. The fourth-order valence-electron chi connectivity index (χ4n) is 4.93. The molecule has 1 saturated carbocycles. The molecule has 4 rings (SSSR count). The van der Waals surface area contributed by atoms with E-state index >= 15 is 4.39 Å². The van der Waals surface area contributed by atoms with Gasteiger partial charge in [0.25, 0.3) is 5.91 Å². The molecule has 4 N–H and O–H groups in total. The Labute approximate surface area is 244 Å². The topological polar surface area (TPSA) is 67.2 Å². The molecule has 222 valence electrons. The largest absolute Gasteiger partial charge is 0.416 e. The molecule has 1 unspecified atom stereocenters. The highest BCUT2D eigenvalue weighted by Crippen LogP contribution is 2.40. The Balaban J connectivity index is 1.70. The highest BCUT2D eigenvalue weighted by atomic mass is 19.4. The third-order valence-electron chi connectivity index (χ3n) is 7.57. The minimum Gasteiger partial charge on any atom is -0.351 e. The SMILES string of the molecule is CC/C=C(/C=C(\Nc1cccc(CC)c1)C(=O)Nc1cc(C(N)(CCC2CC2)c2ccccc2)ccc1F)C(F)(F)F. The smallest absolute Gasteiger partial charge is 0.351 e. The Morgan fingerprint density at radius 3 is 2.33 bits per heavy atom. The molecule has 4 nitrogen and oxygen atoms in total. The van der Waals surface area contributed by atoms with Gasteiger partial charge in [-0.25, -0.2) is 4.39 Å². The van der Waals surface area contributed by atoms with Crippen LogP contribution < -0.4 is 16.4 Å². The number of nitrogens with two attached hydrogens (primary N) is 1. The second kappa shape index (κ2) is 13.4. The van der Waals surface area contributed by atoms with E-state index in [4.69, 9.17) is 5.73 Å². The number of hydrogen-bond donors (Lipinski definition) is 3. The van der Waals surface area contributed by atoms with E-state index < -0.39 is 29.0 Å². The summed E-state index contributed by atoms with van der Waals surface area (Å²) in [5, 5.41) is 5.33. The zero-order valence-corrected chi connectivity index (χ0v) is 23.9. The summed E-state index contributed by atoms with van der Waals surface area (Å²) in [5.41, 5.74) is 7.37. The lowest BCUT2D eigenvalue weighted by molar-refractivity contribution is -0.112. The van der Waals surface area contributed by atoms with E-state index in [9.17, 15) is 18.0 Å². The minimum atomic E-state index is -4.68. The summed E-state index contributed by atoms with van der Waals surface area (Å²) in [7, 11) is 0. The Hall–Kier alpha value is -3.91. The molecule has 1 amide bonds. The molecule has 0 spiro atoms. The summed E-state index contributed by atoms with van der Waals surface area (Å²) in [6, 6.07) is 20.8. The first kappa shape index (κ1) is 31.0. The molecular weight excluding hydrogens is 542 g/mol. The number of carbonyl (C=O) groups excluding carboxylic acids is 1. The van der Waals surface area contributed by atoms with E-state index in [2.05, 4.69) is 10.6 Å². The standard InChI is InChI=1S/C34H37F4N3O/c1-3-9-27(34(36,37)38)22-31(40-28-13-8-10-23(4-2)20-28)32(42)41-30-21-26(16-17-29(30)35)33(39,19-18-24-14-15-24)25-11-6-5-7-12-25/h5-13,16-17,20-22,24,40H,3-4,14-15,18-19,39H2,1-2H3,(H,41,42)/b27-9-,31-22-. The van der Waals surface area contributed by atoms with E-state index in [1.807, 2.05) is 43.3 Å². The van der Waals surface area contributed by atoms with Crippen molar-refractivity contribution in [2.24, 2.45) is 11.7 Å². The number of nitrogens with one attached hydrogen (secondary N) is 2. The summed E-state index contributed by atoms with van der Waals surface area (Å²) < 4.78 is 56.6. The van der Waals surface area contributed by atoms with Gasteiger partial charge in [0.1, 0.15) is 11.5 Å². The molecule has 0 aliphatic heterocycles. The second-order valence-electron chi connectivity index (χ2n) is 10.8. The Kier molecular flexibility index (Phi) is 9.89. The Morgan fingerprint density at radius 2 is 1.69 bits per heavy atom. The first-order valence-corrected chi connectivity index (χ1v) is 14.3. The van der Waals surface area contributed by atoms with Crippen LogP contribution in [0.15, 0.2) is 96.2 Å². The van der Waals surface area contributed by atoms with Crippen molar-refractivity contribution in [3.8, 4) is 0 Å². The normalized spacial score (nSPS) is 15.7. The number of hydrogen-bond acceptors (Lipinski definition) is 3. The van der Waals surface area contributed by atoms with Gasteiger partial charge >= 0.3 is 6.18 Å². The van der Waals surface area contributed by atoms with E-state index in [1.54, 1.807) is 31.2 Å². The van der Waals surface area contributed by atoms with Gasteiger partial charge in [0, 0.05) is 5.69 Å². The number of benzene rings is 3. The lowest BCUT2D eigenvalue weighted by Gasteiger charge is -2.31. The summed E-state index contributed by atoms with van der Waals surface area (Å²) in [6.45, 7) is 3.52. The highest BCUT2D eigenvalue weighted by molar-refractivity contribution is 6.06. The zero-order valence-electron chi connectivity index (χ0n) is 23.9. The van der Waals surface area contributed by atoms with Gasteiger partial charge in [-0.15, -0.1) is 0 Å². The third kappa shape index (κ3) is 7.88. The van der Waals surface area contributed by atoms with Crippen molar-refractivity contribution < 1.29 is 22.4 Å². The number of alkyl halides is 3. The van der Waals surface area contributed by atoms with Gasteiger partial charge < -0.3 is 16.4 Å². The minimum absolute atomic E-state index is 0.112. The molecule has 8 heteroatoms. The molecule has 0 saturated heterocycles. The maximum atomic E-state index is 15.1. The molecule has 1 aliphatic rings. The monoisotopic (exact) mass is 579 g/mol. The van der Waals surface area contributed by atoms with E-state index in [0.29, 0.717) is 30.0 Å². The van der Waals surface area contributed by atoms with Crippen LogP contribution >= 0.6 is 0 Å². The number of rotatable bonds is 12. The average Bonchev–Trinajstić information content (AvgIpc) is 3.81. The molecule has 1 fully saturated rings. The molecule has 1 aliphatic carbocycles. The van der Waals surface area contributed by atoms with Gasteiger partial charge in [0.15, 0.2) is 0 Å². The molecule has 0 radical (unpaired) electrons. The lowest BCUT2D eigenvalue weighted by atomic mass is 9.79. The van der Waals surface area contributed by atoms with Crippen LogP contribution in [0, 0.1) is 11.7 Å². The fourth-order valence-corrected chi connectivity index (χ4v) is 4.93. The van der Waals surface area contributed by atoms with Crippen LogP contribution in [-0.4, -0.2) is 12.1 Å². The van der Waals surface area contributed by atoms with Crippen LogP contribution in [-0.2, 0) is 16.8 Å². The molecule has 3 aromatic carbocycles. The molecule has 1 atom stereocenters. The summed E-state index contributed by atoms with van der Waals surface area (Å²) in [6.07, 6.45) is 1.73. The first-order valence-electron chi connectivity index (χ1n) is 14.3. The predicted octanol–water partition coefficient (Wildman–Crippen LogP) is 8.61. The van der Waals surface area contributed by atoms with E-state index in [0.717, 1.165) is 42.5 Å². The summed E-state index contributed by atoms with van der Waals surface area (Å²) in [4.78, 5) is 13.5. The predicted molar refractivity (Wildman–Crippen MR) is 160 cm³/mol. The lowest BCUT2D eigenvalue weighted by Crippen LogP contribution is -2.38. The number of anilines is 2. The van der Waals surface area contributed by atoms with Crippen molar-refractivity contribution in [2.45, 2.75) is 64.1 Å². The van der Waals surface area contributed by atoms with Crippen LogP contribution in [0.3, 0.4) is 0 Å². The average molecular weight is 580 g/mol. The van der Waals surface area contributed by atoms with Crippen LogP contribution in [0.1, 0.15) is 62.6 Å². The Bertz CT molecular complexity index is 1440. The van der Waals surface area contributed by atoms with E-state index in [-0.39, 0.29) is 17.8 Å². The van der Waals surface area contributed by atoms with Crippen LogP contribution in [0.5, 0.6) is 0 Å². The number of carbonyl (C=O) groups is 1. The molecule has 0 aromatic heterocycles. The number of allylic oxidation sites excluding steroid dienone is 3. The summed E-state index contributed by atoms with van der Waals surface area (Å²) >= 11 is 0. The van der Waals surface area contributed by atoms with Crippen molar-refractivity contribution in [3.05, 3.63) is 119 Å². The van der Waals surface area contributed by atoms with Crippen molar-refractivity contribution in [2.75, 3.05) is 10.6 Å². The van der Waals surface area contributed by atoms with Crippen molar-refractivity contribution in [1.82, 2.24) is 0 Å². The van der Waals surface area contributed by atoms with Crippen LogP contribution in [0.2, 0.25) is 0 Å². The van der Waals surface area contributed by atoms with Crippen molar-refractivity contribution in [3.63, 3.8) is 0 Å². The second-order valence-corrected chi connectivity index (χ2v) is 10.8. The van der Waals surface area contributed by atoms with Gasteiger partial charge in [0.05, 0.1) is 16.8 Å². The van der Waals surface area contributed by atoms with Gasteiger partial charge in [-0.3, -0.25) is 4.79 Å². The van der Waals surface area contributed by atoms with Crippen LogP contribution in [0.4, 0.5) is 28.9 Å². The zero-order chi connectivity index (χ0) is 30.3. The fraction of sp³-hybridized carbons (Fsp3) is 0.324. The van der Waals surface area contributed by atoms with Gasteiger partial charge in [0.2, 0.25) is 0 Å². The molecule has 0 heterocycles. The molecule has 3 aromatic rings. The number of aryl methyl sites for hydroxylation is 1. The van der Waals surface area contributed by atoms with Crippen molar-refractivity contribution >= 4 is 17.3 Å². The number of halogens is 4. The maximum absolute atomic E-state index is 15.1. The highest BCUT2D eigenvalue weighted by Gasteiger charge is 2.34. The van der Waals surface area contributed by atoms with Gasteiger partial charge in [-0.2, -0.15) is 13.2 Å². The maximum Gasteiger partial charge on any atom is 0.416 e. The number of amides is 1. The van der Waals surface area contributed by atoms with E-state index in [1.165, 1.54) is 12.1 Å².